The number of nitrogens with one attached hydrogen (secondary N) is 1. The lowest BCUT2D eigenvalue weighted by Gasteiger charge is -2.22. The van der Waals surface area contributed by atoms with Crippen LogP contribution < -0.4 is 5.32 Å². The molecule has 1 aromatic carbocycles. The van der Waals surface area contributed by atoms with Crippen LogP contribution in [0.2, 0.25) is 0 Å². The molecule has 1 atom stereocenters. The van der Waals surface area contributed by atoms with E-state index in [1.165, 1.54) is 4.80 Å². The van der Waals surface area contributed by atoms with Crippen molar-refractivity contribution in [2.75, 3.05) is 5.32 Å². The van der Waals surface area contributed by atoms with Gasteiger partial charge in [0, 0.05) is 17.4 Å². The van der Waals surface area contributed by atoms with E-state index in [0.717, 1.165) is 41.6 Å². The Bertz CT molecular complexity index is 967. The zero-order valence-corrected chi connectivity index (χ0v) is 15.2. The van der Waals surface area contributed by atoms with Crippen LogP contribution in [0.15, 0.2) is 36.5 Å². The number of rotatable bonds is 3. The predicted molar refractivity (Wildman–Crippen MR) is 100.0 cm³/mol. The highest BCUT2D eigenvalue weighted by Gasteiger charge is 2.19. The van der Waals surface area contributed by atoms with Crippen molar-refractivity contribution in [3.05, 3.63) is 42.1 Å². The van der Waals surface area contributed by atoms with Crippen LogP contribution in [0, 0.1) is 0 Å². The molecule has 0 saturated heterocycles. The second-order valence-electron chi connectivity index (χ2n) is 6.51. The van der Waals surface area contributed by atoms with Crippen molar-refractivity contribution in [2.24, 2.45) is 7.05 Å². The van der Waals surface area contributed by atoms with Gasteiger partial charge in [0.1, 0.15) is 11.8 Å². The van der Waals surface area contributed by atoms with E-state index in [2.05, 4.69) is 31.8 Å². The molecule has 1 aliphatic rings. The molecular formula is C19H20N6O2. The van der Waals surface area contributed by atoms with E-state index in [4.69, 9.17) is 4.74 Å². The first-order valence-corrected chi connectivity index (χ1v) is 8.93. The molecule has 3 aromatic rings. The molecule has 1 unspecified atom stereocenters. The van der Waals surface area contributed by atoms with Crippen LogP contribution >= 0.6 is 0 Å². The fourth-order valence-corrected chi connectivity index (χ4v) is 3.14. The number of aryl methyl sites for hydroxylation is 2. The van der Waals surface area contributed by atoms with E-state index < -0.39 is 6.09 Å². The standard InChI is InChI=1S/C19H20N6O2/c1-3-15-7-4-13-10-12(5-8-16(13)21-19(26)27-15)14-6-9-17(20-11-14)18-22-24-25(2)23-18/h5-6,8-11,15H,3-4,7H2,1-2H3,(H,21,26). The molecule has 138 valence electrons. The first-order valence-electron chi connectivity index (χ1n) is 8.93. The number of anilines is 1. The quantitative estimate of drug-likeness (QED) is 0.767. The monoisotopic (exact) mass is 364 g/mol. The predicted octanol–water partition coefficient (Wildman–Crippen LogP) is 3.21. The Morgan fingerprint density at radius 2 is 2.11 bits per heavy atom. The van der Waals surface area contributed by atoms with E-state index in [9.17, 15) is 4.79 Å². The number of pyridine rings is 1. The summed E-state index contributed by atoms with van der Waals surface area (Å²) in [5, 5.41) is 14.8. The summed E-state index contributed by atoms with van der Waals surface area (Å²) < 4.78 is 5.39. The molecule has 0 aliphatic carbocycles. The number of ether oxygens (including phenoxy) is 1. The van der Waals surface area contributed by atoms with Crippen molar-refractivity contribution in [1.29, 1.82) is 0 Å². The number of hydrogen-bond donors (Lipinski definition) is 1. The van der Waals surface area contributed by atoms with Crippen molar-refractivity contribution in [3.8, 4) is 22.6 Å². The highest BCUT2D eigenvalue weighted by atomic mass is 16.6. The van der Waals surface area contributed by atoms with Gasteiger partial charge >= 0.3 is 6.09 Å². The van der Waals surface area contributed by atoms with Crippen LogP contribution in [-0.4, -0.2) is 37.4 Å². The SMILES string of the molecule is CCC1CCc2cc(-c3ccc(-c4nnn(C)n4)nc3)ccc2NC(=O)O1. The van der Waals surface area contributed by atoms with Gasteiger partial charge in [-0.05, 0) is 53.8 Å². The van der Waals surface area contributed by atoms with Gasteiger partial charge < -0.3 is 4.74 Å². The smallest absolute Gasteiger partial charge is 0.411 e. The van der Waals surface area contributed by atoms with Crippen LogP contribution in [0.3, 0.4) is 0 Å². The number of benzene rings is 1. The summed E-state index contributed by atoms with van der Waals surface area (Å²) in [6.45, 7) is 2.02. The highest BCUT2D eigenvalue weighted by Crippen LogP contribution is 2.29. The van der Waals surface area contributed by atoms with E-state index in [0.29, 0.717) is 11.5 Å². The Morgan fingerprint density at radius 1 is 1.26 bits per heavy atom. The number of carbonyl (C=O) groups is 1. The van der Waals surface area contributed by atoms with Gasteiger partial charge in [-0.1, -0.05) is 19.1 Å². The third kappa shape index (κ3) is 3.64. The van der Waals surface area contributed by atoms with Gasteiger partial charge in [0.25, 0.3) is 0 Å². The number of nitrogens with zero attached hydrogens (tertiary/aromatic N) is 5. The van der Waals surface area contributed by atoms with Gasteiger partial charge in [-0.3, -0.25) is 10.3 Å². The largest absolute Gasteiger partial charge is 0.446 e. The summed E-state index contributed by atoms with van der Waals surface area (Å²) in [5.74, 6) is 0.496. The lowest BCUT2D eigenvalue weighted by molar-refractivity contribution is 0.102. The minimum absolute atomic E-state index is 0.0535. The molecule has 0 radical (unpaired) electrons. The molecule has 3 heterocycles. The van der Waals surface area contributed by atoms with Gasteiger partial charge in [0.2, 0.25) is 5.82 Å². The van der Waals surface area contributed by atoms with E-state index in [1.54, 1.807) is 13.2 Å². The molecule has 0 bridgehead atoms. The Balaban J connectivity index is 1.61. The van der Waals surface area contributed by atoms with Crippen LogP contribution in [-0.2, 0) is 18.2 Å². The fraction of sp³-hybridized carbons (Fsp3) is 0.316. The van der Waals surface area contributed by atoms with Crippen LogP contribution in [0.5, 0.6) is 0 Å². The van der Waals surface area contributed by atoms with Crippen LogP contribution in [0.25, 0.3) is 22.6 Å². The van der Waals surface area contributed by atoms with Crippen molar-refractivity contribution in [2.45, 2.75) is 32.3 Å². The van der Waals surface area contributed by atoms with Crippen molar-refractivity contribution in [3.63, 3.8) is 0 Å². The van der Waals surface area contributed by atoms with Gasteiger partial charge in [-0.25, -0.2) is 4.79 Å². The zero-order valence-electron chi connectivity index (χ0n) is 15.2. The maximum Gasteiger partial charge on any atom is 0.411 e. The molecule has 8 heteroatoms. The third-order valence-corrected chi connectivity index (χ3v) is 4.64. The van der Waals surface area contributed by atoms with E-state index >= 15 is 0 Å². The second kappa shape index (κ2) is 7.14. The summed E-state index contributed by atoms with van der Waals surface area (Å²) in [6, 6.07) is 9.85. The molecular weight excluding hydrogens is 344 g/mol. The molecule has 8 nitrogen and oxygen atoms in total. The maximum atomic E-state index is 11.9. The van der Waals surface area contributed by atoms with Gasteiger partial charge in [0.05, 0.1) is 7.05 Å². The summed E-state index contributed by atoms with van der Waals surface area (Å²) in [7, 11) is 1.72. The zero-order chi connectivity index (χ0) is 18.8. The van der Waals surface area contributed by atoms with Gasteiger partial charge in [-0.15, -0.1) is 10.2 Å². The normalized spacial score (nSPS) is 16.7. The average Bonchev–Trinajstić information content (AvgIpc) is 3.11. The molecule has 27 heavy (non-hydrogen) atoms. The number of cyclic esters (lactones) is 1. The number of carbonyl (C=O) groups excluding carboxylic acids is 1. The van der Waals surface area contributed by atoms with Crippen LogP contribution in [0.4, 0.5) is 10.5 Å². The Kier molecular flexibility index (Phi) is 4.53. The summed E-state index contributed by atoms with van der Waals surface area (Å²) in [5.41, 5.74) is 4.60. The first-order chi connectivity index (χ1) is 13.1. The molecule has 0 spiro atoms. The Hall–Kier alpha value is -3.29. The van der Waals surface area contributed by atoms with Crippen molar-refractivity contribution < 1.29 is 9.53 Å². The van der Waals surface area contributed by atoms with E-state index in [-0.39, 0.29) is 6.10 Å². The second-order valence-corrected chi connectivity index (χ2v) is 6.51. The van der Waals surface area contributed by atoms with Crippen molar-refractivity contribution >= 4 is 11.8 Å². The highest BCUT2D eigenvalue weighted by molar-refractivity contribution is 5.87. The molecule has 2 aromatic heterocycles. The molecule has 1 amide bonds. The molecule has 4 rings (SSSR count). The Morgan fingerprint density at radius 3 is 2.81 bits per heavy atom. The summed E-state index contributed by atoms with van der Waals surface area (Å²) >= 11 is 0. The minimum Gasteiger partial charge on any atom is -0.446 e. The maximum absolute atomic E-state index is 11.9. The molecule has 1 N–H and O–H groups in total. The lowest BCUT2D eigenvalue weighted by atomic mass is 9.98. The Labute approximate surface area is 156 Å². The van der Waals surface area contributed by atoms with Crippen molar-refractivity contribution in [1.82, 2.24) is 25.2 Å². The van der Waals surface area contributed by atoms with Gasteiger partial charge in [0.15, 0.2) is 0 Å². The van der Waals surface area contributed by atoms with Gasteiger partial charge in [-0.2, -0.15) is 4.80 Å². The number of amides is 1. The number of fused-ring (bicyclic) bond motifs is 1. The molecule has 1 aliphatic heterocycles. The third-order valence-electron chi connectivity index (χ3n) is 4.64. The number of hydrogen-bond acceptors (Lipinski definition) is 6. The lowest BCUT2D eigenvalue weighted by Crippen LogP contribution is -2.25. The number of tetrazole rings is 1. The molecule has 0 saturated carbocycles. The fourth-order valence-electron chi connectivity index (χ4n) is 3.14. The molecule has 0 fully saturated rings. The average molecular weight is 364 g/mol. The topological polar surface area (TPSA) is 94.8 Å². The van der Waals surface area contributed by atoms with E-state index in [1.807, 2.05) is 31.2 Å². The first kappa shape index (κ1) is 17.1. The minimum atomic E-state index is -0.391. The summed E-state index contributed by atoms with van der Waals surface area (Å²) in [4.78, 5) is 17.8. The van der Waals surface area contributed by atoms with Crippen LogP contribution in [0.1, 0.15) is 25.3 Å². The summed E-state index contributed by atoms with van der Waals surface area (Å²) in [6.07, 6.45) is 3.82. The number of aromatic nitrogens is 5.